The molecule has 10 heteroatoms. The summed E-state index contributed by atoms with van der Waals surface area (Å²) in [5.74, 6) is -1.14. The van der Waals surface area contributed by atoms with Crippen LogP contribution in [-0.4, -0.2) is 50.2 Å². The number of nitrogens with zero attached hydrogens (tertiary/aromatic N) is 5. The van der Waals surface area contributed by atoms with Crippen LogP contribution in [0.25, 0.3) is 0 Å². The van der Waals surface area contributed by atoms with Gasteiger partial charge in [-0.2, -0.15) is 0 Å². The Labute approximate surface area is 280 Å². The van der Waals surface area contributed by atoms with E-state index in [2.05, 4.69) is 10.3 Å². The second kappa shape index (κ2) is 12.6. The van der Waals surface area contributed by atoms with Crippen LogP contribution in [0.4, 0.5) is 15.8 Å². The van der Waals surface area contributed by atoms with Crippen molar-refractivity contribution in [3.8, 4) is 0 Å². The zero-order chi connectivity index (χ0) is 33.6. The first kappa shape index (κ1) is 32.2. The average Bonchev–Trinajstić information content (AvgIpc) is 3.75. The zero-order valence-electron chi connectivity index (χ0n) is 27.6. The summed E-state index contributed by atoms with van der Waals surface area (Å²) < 4.78 is 24.6. The fraction of sp³-hybridized carbons (Fsp3) is 0.421. The molecule has 3 aromatic carbocycles. The predicted molar refractivity (Wildman–Crippen MR) is 180 cm³/mol. The molecular weight excluding hydrogens is 609 g/mol. The molecule has 4 heterocycles. The summed E-state index contributed by atoms with van der Waals surface area (Å²) in [6, 6.07) is 24.7. The number of alkyl halides is 1. The van der Waals surface area contributed by atoms with Gasteiger partial charge in [0.25, 0.3) is 5.91 Å². The van der Waals surface area contributed by atoms with Gasteiger partial charge in [0.1, 0.15) is 17.5 Å². The number of aliphatic hydroxyl groups excluding tert-OH is 1. The summed E-state index contributed by atoms with van der Waals surface area (Å²) in [6.45, 7) is 6.40. The smallest absolute Gasteiger partial charge is 0.264 e. The van der Waals surface area contributed by atoms with E-state index in [9.17, 15) is 14.7 Å². The van der Waals surface area contributed by atoms with Gasteiger partial charge in [0, 0.05) is 42.6 Å². The monoisotopic (exact) mass is 651 g/mol. The minimum Gasteiger partial charge on any atom is -0.382 e. The van der Waals surface area contributed by atoms with E-state index in [1.54, 1.807) is 29.6 Å². The minimum absolute atomic E-state index is 0.119. The average molecular weight is 652 g/mol. The Balaban J connectivity index is 1.15. The molecule has 2 fully saturated rings. The predicted octanol–water partition coefficient (Wildman–Crippen LogP) is 6.11. The van der Waals surface area contributed by atoms with Gasteiger partial charge in [0.05, 0.1) is 24.5 Å². The summed E-state index contributed by atoms with van der Waals surface area (Å²) in [5, 5.41) is 19.2. The highest BCUT2D eigenvalue weighted by atomic mass is 19.1. The second-order valence-corrected chi connectivity index (χ2v) is 13.9. The summed E-state index contributed by atoms with van der Waals surface area (Å²) >= 11 is 0. The molecule has 0 saturated carbocycles. The number of hydrogen-bond donors (Lipinski definition) is 1. The molecule has 1 spiro atoms. The maximum atomic E-state index is 16.1. The van der Waals surface area contributed by atoms with Crippen LogP contribution in [0, 0.1) is 11.8 Å². The van der Waals surface area contributed by atoms with Crippen molar-refractivity contribution in [2.24, 2.45) is 11.8 Å². The van der Waals surface area contributed by atoms with Crippen LogP contribution >= 0.6 is 0 Å². The molecule has 3 aliphatic rings. The van der Waals surface area contributed by atoms with Gasteiger partial charge in [-0.25, -0.2) is 4.39 Å². The van der Waals surface area contributed by atoms with Crippen molar-refractivity contribution in [2.75, 3.05) is 16.3 Å². The van der Waals surface area contributed by atoms with E-state index in [-0.39, 0.29) is 11.8 Å². The summed E-state index contributed by atoms with van der Waals surface area (Å²) in [5.41, 5.74) is 1.38. The number of ether oxygens (including phenoxy) is 1. The Morgan fingerprint density at radius 2 is 1.81 bits per heavy atom. The van der Waals surface area contributed by atoms with Crippen LogP contribution in [0.1, 0.15) is 74.9 Å². The highest BCUT2D eigenvalue weighted by Crippen LogP contribution is 2.58. The van der Waals surface area contributed by atoms with Crippen molar-refractivity contribution in [1.29, 1.82) is 0 Å². The molecule has 2 amide bonds. The number of para-hydroxylation sites is 1. The molecule has 1 aromatic heterocycles. The maximum absolute atomic E-state index is 16.1. The van der Waals surface area contributed by atoms with E-state index in [4.69, 9.17) is 4.74 Å². The van der Waals surface area contributed by atoms with Crippen molar-refractivity contribution in [3.63, 3.8) is 0 Å². The lowest BCUT2D eigenvalue weighted by atomic mass is 9.71. The normalized spacial score (nSPS) is 24.8. The molecule has 250 valence electrons. The van der Waals surface area contributed by atoms with Gasteiger partial charge in [0.2, 0.25) is 5.91 Å². The van der Waals surface area contributed by atoms with E-state index in [1.807, 2.05) is 90.7 Å². The van der Waals surface area contributed by atoms with E-state index in [0.717, 1.165) is 35.3 Å². The lowest BCUT2D eigenvalue weighted by Crippen LogP contribution is -2.45. The van der Waals surface area contributed by atoms with Crippen molar-refractivity contribution >= 4 is 23.2 Å². The molecule has 7 rings (SSSR count). The summed E-state index contributed by atoms with van der Waals surface area (Å²) in [7, 11) is 0. The number of aromatic nitrogens is 3. The number of halogens is 1. The number of hydrogen-bond acceptors (Lipinski definition) is 6. The number of carbonyl (C=O) groups excluding carboxylic acids is 2. The van der Waals surface area contributed by atoms with Crippen molar-refractivity contribution in [3.05, 3.63) is 107 Å². The lowest BCUT2D eigenvalue weighted by Gasteiger charge is -2.32. The number of aliphatic hydroxyl groups is 1. The van der Waals surface area contributed by atoms with E-state index >= 15 is 4.39 Å². The number of rotatable bonds is 9. The number of benzene rings is 3. The molecule has 2 saturated heterocycles. The molecule has 3 aliphatic heterocycles. The van der Waals surface area contributed by atoms with Gasteiger partial charge in [-0.05, 0) is 62.4 Å². The van der Waals surface area contributed by atoms with E-state index < -0.39 is 35.3 Å². The fourth-order valence-electron chi connectivity index (χ4n) is 8.13. The van der Waals surface area contributed by atoms with Crippen molar-refractivity contribution in [1.82, 2.24) is 15.0 Å². The minimum atomic E-state index is -1.64. The van der Waals surface area contributed by atoms with Crippen molar-refractivity contribution in [2.45, 2.75) is 83.0 Å². The summed E-state index contributed by atoms with van der Waals surface area (Å²) in [6.07, 6.45) is 3.01. The van der Waals surface area contributed by atoms with Crippen LogP contribution < -0.4 is 9.80 Å². The van der Waals surface area contributed by atoms with Gasteiger partial charge in [-0.15, -0.1) is 5.10 Å². The molecular formula is C38H42FN5O4. The SMILES string of the molecule is C[C@@H]1[C@@H](C(C)(C)F)[C@H](CCn2cc([C@H](O)c3ccccc3)nn2)O[C@@]12C(=O)N(Cc1cccc(N3CCCCC3=O)c1)c1ccccc12. The zero-order valence-corrected chi connectivity index (χ0v) is 27.6. The van der Waals surface area contributed by atoms with E-state index in [0.29, 0.717) is 43.7 Å². The first-order valence-electron chi connectivity index (χ1n) is 16.9. The number of anilines is 2. The van der Waals surface area contributed by atoms with Crippen LogP contribution in [-0.2, 0) is 33.0 Å². The standard InChI is InChI=1S/C38H42FN5O4/c1-25-34(37(2,3)39)32(19-21-42-24-30(40-41-42)35(46)27-13-5-4-6-14-27)48-38(25)29-16-7-8-17-31(29)44(36(38)47)23-26-12-11-15-28(22-26)43-20-10-9-18-33(43)45/h4-8,11-17,22,24-25,32,34-35,46H,9-10,18-21,23H2,1-3H3/t25-,32+,34-,35-,38+/m1/s1. The van der Waals surface area contributed by atoms with Crippen LogP contribution in [0.2, 0.25) is 0 Å². The molecule has 0 aliphatic carbocycles. The number of carbonyl (C=O) groups is 2. The molecule has 0 unspecified atom stereocenters. The van der Waals surface area contributed by atoms with Gasteiger partial charge in [-0.1, -0.05) is 72.8 Å². The molecule has 48 heavy (non-hydrogen) atoms. The number of piperidine rings is 1. The van der Waals surface area contributed by atoms with Crippen LogP contribution in [0.15, 0.2) is 85.1 Å². The Bertz CT molecular complexity index is 1810. The molecule has 9 nitrogen and oxygen atoms in total. The molecule has 1 N–H and O–H groups in total. The van der Waals surface area contributed by atoms with Gasteiger partial charge in [-0.3, -0.25) is 14.3 Å². The van der Waals surface area contributed by atoms with Gasteiger partial charge < -0.3 is 19.6 Å². The first-order chi connectivity index (χ1) is 23.1. The maximum Gasteiger partial charge on any atom is 0.264 e. The molecule has 0 radical (unpaired) electrons. The fourth-order valence-corrected chi connectivity index (χ4v) is 8.13. The van der Waals surface area contributed by atoms with Crippen molar-refractivity contribution < 1.29 is 23.8 Å². The Morgan fingerprint density at radius 3 is 2.58 bits per heavy atom. The number of amides is 2. The van der Waals surface area contributed by atoms with Gasteiger partial charge in [0.15, 0.2) is 5.60 Å². The topological polar surface area (TPSA) is 101 Å². The third-order valence-electron chi connectivity index (χ3n) is 10.3. The van der Waals surface area contributed by atoms with Crippen LogP contribution in [0.5, 0.6) is 0 Å². The lowest BCUT2D eigenvalue weighted by molar-refractivity contribution is -0.146. The van der Waals surface area contributed by atoms with Crippen LogP contribution in [0.3, 0.4) is 0 Å². The Morgan fingerprint density at radius 1 is 1.04 bits per heavy atom. The third kappa shape index (κ3) is 5.60. The summed E-state index contributed by atoms with van der Waals surface area (Å²) in [4.78, 5) is 30.9. The number of fused-ring (bicyclic) bond motifs is 2. The highest BCUT2D eigenvalue weighted by Gasteiger charge is 2.66. The molecule has 4 aromatic rings. The number of aryl methyl sites for hydroxylation is 1. The second-order valence-electron chi connectivity index (χ2n) is 13.9. The quantitative estimate of drug-likeness (QED) is 0.235. The largest absolute Gasteiger partial charge is 0.382 e. The van der Waals surface area contributed by atoms with E-state index in [1.165, 1.54) is 0 Å². The Kier molecular flexibility index (Phi) is 8.41. The first-order valence-corrected chi connectivity index (χ1v) is 16.9. The van der Waals surface area contributed by atoms with Gasteiger partial charge >= 0.3 is 0 Å². The Hall–Kier alpha value is -4.41. The third-order valence-corrected chi connectivity index (χ3v) is 10.3. The highest BCUT2D eigenvalue weighted by molar-refractivity contribution is 6.07. The molecule has 5 atom stereocenters. The molecule has 0 bridgehead atoms.